The van der Waals surface area contributed by atoms with Crippen molar-refractivity contribution >= 4 is 27.5 Å². The van der Waals surface area contributed by atoms with Gasteiger partial charge in [-0.25, -0.2) is 0 Å². The molecular weight excluding hydrogens is 279 g/mol. The molecule has 2 rings (SSSR count). The van der Waals surface area contributed by atoms with Crippen LogP contribution in [0.25, 0.3) is 11.4 Å². The maximum absolute atomic E-state index is 5.90. The molecule has 0 bridgehead atoms. The highest BCUT2D eigenvalue weighted by Crippen LogP contribution is 2.24. The van der Waals surface area contributed by atoms with Crippen LogP contribution in [-0.2, 0) is 0 Å². The summed E-state index contributed by atoms with van der Waals surface area (Å²) in [4.78, 5) is 0. The number of aromatic nitrogens is 4. The molecule has 0 aliphatic carbocycles. The molecule has 0 atom stereocenters. The largest absolute Gasteiger partial charge is 0.203 e. The number of hydrogen-bond donors (Lipinski definition) is 0. The second-order valence-corrected chi connectivity index (χ2v) is 4.28. The minimum absolute atomic E-state index is 0.462. The molecule has 0 unspecified atom stereocenters. The number of aryl methyl sites for hydroxylation is 1. The third-order valence-corrected chi connectivity index (χ3v) is 2.38. The molecular formula is C9H6BrClN4. The Balaban J connectivity index is 2.49. The zero-order valence-electron chi connectivity index (χ0n) is 7.78. The average molecular weight is 286 g/mol. The molecule has 0 aliphatic rings. The fourth-order valence-corrected chi connectivity index (χ4v) is 1.94. The number of benzene rings is 1. The van der Waals surface area contributed by atoms with Crippen LogP contribution in [0.2, 0.25) is 5.02 Å². The Hall–Kier alpha value is -1.07. The Labute approximate surface area is 99.8 Å². The molecule has 1 aromatic carbocycles. The van der Waals surface area contributed by atoms with Gasteiger partial charge < -0.3 is 0 Å². The number of hydrogen-bond acceptors (Lipinski definition) is 4. The van der Waals surface area contributed by atoms with Crippen LogP contribution in [0.1, 0.15) is 5.82 Å². The van der Waals surface area contributed by atoms with Crippen LogP contribution in [0, 0.1) is 6.92 Å². The van der Waals surface area contributed by atoms with Gasteiger partial charge in [0.05, 0.1) is 0 Å². The van der Waals surface area contributed by atoms with Gasteiger partial charge in [0.25, 0.3) is 0 Å². The van der Waals surface area contributed by atoms with E-state index in [2.05, 4.69) is 36.3 Å². The first kappa shape index (κ1) is 10.4. The normalized spacial score (nSPS) is 10.3. The van der Waals surface area contributed by atoms with E-state index >= 15 is 0 Å². The number of nitrogens with zero attached hydrogens (tertiary/aromatic N) is 4. The summed E-state index contributed by atoms with van der Waals surface area (Å²) in [6.45, 7) is 1.73. The van der Waals surface area contributed by atoms with Gasteiger partial charge in [0.1, 0.15) is 0 Å². The molecule has 6 heteroatoms. The van der Waals surface area contributed by atoms with E-state index in [9.17, 15) is 0 Å². The highest BCUT2D eigenvalue weighted by atomic mass is 79.9. The standard InChI is InChI=1S/C9H6BrClN4/c1-5-12-14-9(15-13-5)6-2-7(10)4-8(11)3-6/h2-4H,1H3. The fourth-order valence-electron chi connectivity index (χ4n) is 1.08. The van der Waals surface area contributed by atoms with Gasteiger partial charge in [0, 0.05) is 15.1 Å². The van der Waals surface area contributed by atoms with Crippen molar-refractivity contribution in [2.45, 2.75) is 6.92 Å². The van der Waals surface area contributed by atoms with E-state index in [1.54, 1.807) is 19.1 Å². The van der Waals surface area contributed by atoms with Crippen LogP contribution in [0.4, 0.5) is 0 Å². The lowest BCUT2D eigenvalue weighted by Crippen LogP contribution is -1.98. The molecule has 0 fully saturated rings. The lowest BCUT2D eigenvalue weighted by atomic mass is 10.2. The molecule has 0 N–H and O–H groups in total. The van der Waals surface area contributed by atoms with Crippen LogP contribution < -0.4 is 0 Å². The summed E-state index contributed by atoms with van der Waals surface area (Å²) in [5, 5.41) is 16.1. The maximum atomic E-state index is 5.90. The molecule has 0 aliphatic heterocycles. The predicted octanol–water partition coefficient (Wildman–Crippen LogP) is 2.66. The van der Waals surface area contributed by atoms with Gasteiger partial charge in [-0.3, -0.25) is 0 Å². The molecule has 0 amide bonds. The van der Waals surface area contributed by atoms with Gasteiger partial charge in [-0.15, -0.1) is 20.4 Å². The summed E-state index contributed by atoms with van der Waals surface area (Å²) in [7, 11) is 0. The van der Waals surface area contributed by atoms with Gasteiger partial charge in [-0.05, 0) is 25.1 Å². The molecule has 2 aromatic rings. The minimum atomic E-state index is 0.462. The van der Waals surface area contributed by atoms with Crippen molar-refractivity contribution in [2.24, 2.45) is 0 Å². The Morgan fingerprint density at radius 3 is 2.33 bits per heavy atom. The van der Waals surface area contributed by atoms with Crippen molar-refractivity contribution in [1.82, 2.24) is 20.4 Å². The van der Waals surface area contributed by atoms with Crippen molar-refractivity contribution in [3.63, 3.8) is 0 Å². The van der Waals surface area contributed by atoms with Gasteiger partial charge in [-0.1, -0.05) is 27.5 Å². The number of halogens is 2. The van der Waals surface area contributed by atoms with E-state index in [0.717, 1.165) is 10.0 Å². The first-order valence-electron chi connectivity index (χ1n) is 4.15. The molecule has 0 saturated carbocycles. The zero-order chi connectivity index (χ0) is 10.8. The molecule has 1 heterocycles. The summed E-state index contributed by atoms with van der Waals surface area (Å²) < 4.78 is 0.870. The van der Waals surface area contributed by atoms with Crippen molar-refractivity contribution in [3.05, 3.63) is 33.5 Å². The third kappa shape index (κ3) is 2.49. The smallest absolute Gasteiger partial charge is 0.131 e. The van der Waals surface area contributed by atoms with Crippen LogP contribution in [-0.4, -0.2) is 20.4 Å². The quantitative estimate of drug-likeness (QED) is 0.808. The monoisotopic (exact) mass is 284 g/mol. The van der Waals surface area contributed by atoms with Crippen LogP contribution >= 0.6 is 27.5 Å². The lowest BCUT2D eigenvalue weighted by molar-refractivity contribution is 0.816. The lowest BCUT2D eigenvalue weighted by Gasteiger charge is -2.00. The second kappa shape index (κ2) is 4.20. The summed E-state index contributed by atoms with van der Waals surface area (Å²) in [5.41, 5.74) is 0.786. The topological polar surface area (TPSA) is 51.6 Å². The molecule has 15 heavy (non-hydrogen) atoms. The average Bonchev–Trinajstić information content (AvgIpc) is 2.17. The van der Waals surface area contributed by atoms with Crippen molar-refractivity contribution < 1.29 is 0 Å². The van der Waals surface area contributed by atoms with Crippen molar-refractivity contribution in [1.29, 1.82) is 0 Å². The van der Waals surface area contributed by atoms with Crippen LogP contribution in [0.3, 0.4) is 0 Å². The Morgan fingerprint density at radius 1 is 1.07 bits per heavy atom. The van der Waals surface area contributed by atoms with E-state index in [0.29, 0.717) is 16.7 Å². The summed E-state index contributed by atoms with van der Waals surface area (Å²) in [5.74, 6) is 1.00. The molecule has 0 saturated heterocycles. The van der Waals surface area contributed by atoms with Crippen LogP contribution in [0.15, 0.2) is 22.7 Å². The highest BCUT2D eigenvalue weighted by Gasteiger charge is 2.05. The van der Waals surface area contributed by atoms with E-state index in [4.69, 9.17) is 11.6 Å². The summed E-state index contributed by atoms with van der Waals surface area (Å²) >= 11 is 9.25. The first-order chi connectivity index (χ1) is 7.15. The van der Waals surface area contributed by atoms with Gasteiger partial charge in [0.2, 0.25) is 5.82 Å². The van der Waals surface area contributed by atoms with Crippen molar-refractivity contribution in [3.8, 4) is 11.4 Å². The minimum Gasteiger partial charge on any atom is -0.131 e. The number of rotatable bonds is 1. The maximum Gasteiger partial charge on any atom is 0.203 e. The molecule has 4 nitrogen and oxygen atoms in total. The SMILES string of the molecule is Cc1nnc(-c2cc(Cl)cc(Br)c2)nn1. The van der Waals surface area contributed by atoms with Gasteiger partial charge >= 0.3 is 0 Å². The molecule has 0 radical (unpaired) electrons. The Bertz CT molecular complexity index is 466. The predicted molar refractivity (Wildman–Crippen MR) is 60.5 cm³/mol. The van der Waals surface area contributed by atoms with Gasteiger partial charge in [-0.2, -0.15) is 0 Å². The third-order valence-electron chi connectivity index (χ3n) is 1.70. The molecule has 76 valence electrons. The summed E-state index contributed by atoms with van der Waals surface area (Å²) in [6, 6.07) is 5.42. The van der Waals surface area contributed by atoms with E-state index < -0.39 is 0 Å². The Morgan fingerprint density at radius 2 is 1.73 bits per heavy atom. The van der Waals surface area contributed by atoms with Crippen molar-refractivity contribution in [2.75, 3.05) is 0 Å². The molecule has 0 spiro atoms. The fraction of sp³-hybridized carbons (Fsp3) is 0.111. The van der Waals surface area contributed by atoms with Crippen LogP contribution in [0.5, 0.6) is 0 Å². The van der Waals surface area contributed by atoms with E-state index in [1.165, 1.54) is 0 Å². The Kier molecular flexibility index (Phi) is 2.93. The first-order valence-corrected chi connectivity index (χ1v) is 5.33. The highest BCUT2D eigenvalue weighted by molar-refractivity contribution is 9.10. The zero-order valence-corrected chi connectivity index (χ0v) is 10.1. The summed E-state index contributed by atoms with van der Waals surface area (Å²) in [6.07, 6.45) is 0. The molecule has 1 aromatic heterocycles. The van der Waals surface area contributed by atoms with Gasteiger partial charge in [0.15, 0.2) is 5.82 Å². The van der Waals surface area contributed by atoms with E-state index in [1.807, 2.05) is 6.07 Å². The second-order valence-electron chi connectivity index (χ2n) is 2.93. The van der Waals surface area contributed by atoms with E-state index in [-0.39, 0.29) is 0 Å².